The second-order valence-electron chi connectivity index (χ2n) is 7.34. The number of carbonyl (C=O) groups is 2. The van der Waals surface area contributed by atoms with E-state index in [1.54, 1.807) is 35.2 Å². The molecule has 0 aromatic heterocycles. The Morgan fingerprint density at radius 2 is 1.75 bits per heavy atom. The van der Waals surface area contributed by atoms with Crippen molar-refractivity contribution in [3.8, 4) is 0 Å². The Hall–Kier alpha value is -2.67. The molecule has 6 nitrogen and oxygen atoms in total. The molecule has 0 fully saturated rings. The average Bonchev–Trinajstić information content (AvgIpc) is 2.67. The van der Waals surface area contributed by atoms with Gasteiger partial charge in [-0.3, -0.25) is 13.9 Å². The van der Waals surface area contributed by atoms with Crippen molar-refractivity contribution < 1.29 is 18.0 Å². The molecule has 0 N–H and O–H groups in total. The summed E-state index contributed by atoms with van der Waals surface area (Å²) in [7, 11) is -3.81. The molecule has 2 heterocycles. The Kier molecular flexibility index (Phi) is 4.50. The number of fused-ring (bicyclic) bond motifs is 2. The van der Waals surface area contributed by atoms with E-state index in [-0.39, 0.29) is 29.6 Å². The topological polar surface area (TPSA) is 74.8 Å². The van der Waals surface area contributed by atoms with Gasteiger partial charge in [-0.05, 0) is 55.7 Å². The number of hydrogen-bond donors (Lipinski definition) is 0. The predicted molar refractivity (Wildman–Crippen MR) is 107 cm³/mol. The summed E-state index contributed by atoms with van der Waals surface area (Å²) in [4.78, 5) is 26.0. The lowest BCUT2D eigenvalue weighted by atomic mass is 10.0. The largest absolute Gasteiger partial charge is 0.312 e. The van der Waals surface area contributed by atoms with E-state index in [0.717, 1.165) is 29.7 Å². The van der Waals surface area contributed by atoms with Crippen LogP contribution in [0.1, 0.15) is 41.3 Å². The molecule has 28 heavy (non-hydrogen) atoms. The second kappa shape index (κ2) is 6.74. The van der Waals surface area contributed by atoms with Crippen molar-refractivity contribution in [2.24, 2.45) is 0 Å². The minimum atomic E-state index is -3.81. The van der Waals surface area contributed by atoms with Crippen molar-refractivity contribution in [2.75, 3.05) is 22.3 Å². The van der Waals surface area contributed by atoms with Crippen LogP contribution in [0.4, 0.5) is 11.4 Å². The van der Waals surface area contributed by atoms with Crippen LogP contribution in [0.2, 0.25) is 0 Å². The van der Waals surface area contributed by atoms with Crippen LogP contribution in [-0.4, -0.2) is 33.2 Å². The number of anilines is 2. The molecule has 1 amide bonds. The SMILES string of the molecule is CC(=O)N1CCCc2cc(S(=O)(=O)N3CCC(=O)c4cc(C)ccc43)ccc21. The summed E-state index contributed by atoms with van der Waals surface area (Å²) in [5.74, 6) is -0.0805. The molecule has 2 aromatic rings. The molecule has 0 saturated carbocycles. The Morgan fingerprint density at radius 3 is 2.50 bits per heavy atom. The summed E-state index contributed by atoms with van der Waals surface area (Å²) in [6.07, 6.45) is 1.70. The van der Waals surface area contributed by atoms with Gasteiger partial charge in [0.2, 0.25) is 5.91 Å². The van der Waals surface area contributed by atoms with E-state index in [0.29, 0.717) is 17.8 Å². The molecule has 2 aliphatic rings. The van der Waals surface area contributed by atoms with Gasteiger partial charge in [0.05, 0.1) is 10.6 Å². The minimum absolute atomic E-state index is 0.0345. The monoisotopic (exact) mass is 398 g/mol. The van der Waals surface area contributed by atoms with Gasteiger partial charge in [-0.1, -0.05) is 11.6 Å². The molecule has 0 radical (unpaired) electrons. The van der Waals surface area contributed by atoms with Crippen molar-refractivity contribution >= 4 is 33.1 Å². The summed E-state index contributed by atoms with van der Waals surface area (Å²) in [6, 6.07) is 10.2. The maximum absolute atomic E-state index is 13.4. The zero-order valence-electron chi connectivity index (χ0n) is 15.9. The Morgan fingerprint density at radius 1 is 1.00 bits per heavy atom. The first-order valence-electron chi connectivity index (χ1n) is 9.36. The second-order valence-corrected chi connectivity index (χ2v) is 9.20. The van der Waals surface area contributed by atoms with E-state index in [4.69, 9.17) is 0 Å². The van der Waals surface area contributed by atoms with E-state index < -0.39 is 10.0 Å². The number of ketones is 1. The van der Waals surface area contributed by atoms with Gasteiger partial charge in [0, 0.05) is 37.7 Å². The van der Waals surface area contributed by atoms with Gasteiger partial charge in [0.25, 0.3) is 10.0 Å². The third-order valence-electron chi connectivity index (χ3n) is 5.40. The van der Waals surface area contributed by atoms with Crippen LogP contribution < -0.4 is 9.21 Å². The van der Waals surface area contributed by atoms with E-state index in [1.807, 2.05) is 13.0 Å². The molecular formula is C21H22N2O4S. The number of aryl methyl sites for hydroxylation is 2. The Balaban J connectivity index is 1.77. The van der Waals surface area contributed by atoms with E-state index in [9.17, 15) is 18.0 Å². The first-order chi connectivity index (χ1) is 13.3. The lowest BCUT2D eigenvalue weighted by Gasteiger charge is -2.31. The van der Waals surface area contributed by atoms with Gasteiger partial charge in [0.1, 0.15) is 0 Å². The first-order valence-corrected chi connectivity index (χ1v) is 10.8. The number of benzene rings is 2. The number of sulfonamides is 1. The van der Waals surface area contributed by atoms with Gasteiger partial charge < -0.3 is 4.90 Å². The van der Waals surface area contributed by atoms with Crippen molar-refractivity contribution in [1.82, 2.24) is 0 Å². The minimum Gasteiger partial charge on any atom is -0.312 e. The van der Waals surface area contributed by atoms with E-state index in [1.165, 1.54) is 11.2 Å². The molecular weight excluding hydrogens is 376 g/mol. The highest BCUT2D eigenvalue weighted by Crippen LogP contribution is 2.35. The lowest BCUT2D eigenvalue weighted by molar-refractivity contribution is -0.116. The van der Waals surface area contributed by atoms with Gasteiger partial charge in [-0.25, -0.2) is 8.42 Å². The summed E-state index contributed by atoms with van der Waals surface area (Å²) in [5.41, 5.74) is 3.45. The maximum Gasteiger partial charge on any atom is 0.264 e. The fourth-order valence-corrected chi connectivity index (χ4v) is 5.52. The fourth-order valence-electron chi connectivity index (χ4n) is 3.99. The van der Waals surface area contributed by atoms with Crippen LogP contribution >= 0.6 is 0 Å². The number of hydrogen-bond acceptors (Lipinski definition) is 4. The Bertz CT molecular complexity index is 1090. The molecule has 0 unspecified atom stereocenters. The zero-order chi connectivity index (χ0) is 20.1. The average molecular weight is 398 g/mol. The smallest absolute Gasteiger partial charge is 0.264 e. The first kappa shape index (κ1) is 18.7. The van der Waals surface area contributed by atoms with Gasteiger partial charge >= 0.3 is 0 Å². The summed E-state index contributed by atoms with van der Waals surface area (Å²) in [5, 5.41) is 0. The van der Waals surface area contributed by atoms with E-state index in [2.05, 4.69) is 0 Å². The molecule has 7 heteroatoms. The molecule has 2 aliphatic heterocycles. The standard InChI is InChI=1S/C21H22N2O4S/c1-14-5-7-20-18(12-14)21(25)9-11-23(20)28(26,27)17-6-8-19-16(13-17)4-3-10-22(19)15(2)24/h5-8,12-13H,3-4,9-11H2,1-2H3. The van der Waals surface area contributed by atoms with Gasteiger partial charge in [-0.15, -0.1) is 0 Å². The highest BCUT2D eigenvalue weighted by atomic mass is 32.2. The normalized spacial score (nSPS) is 16.6. The molecule has 0 atom stereocenters. The highest BCUT2D eigenvalue weighted by molar-refractivity contribution is 7.92. The van der Waals surface area contributed by atoms with Crippen LogP contribution in [0.5, 0.6) is 0 Å². The molecule has 0 aliphatic carbocycles. The molecule has 0 spiro atoms. The highest BCUT2D eigenvalue weighted by Gasteiger charge is 2.33. The van der Waals surface area contributed by atoms with Crippen molar-refractivity contribution in [3.63, 3.8) is 0 Å². The number of Topliss-reactive ketones (excluding diaryl/α,β-unsaturated/α-hetero) is 1. The Labute approximate surface area is 164 Å². The summed E-state index contributed by atoms with van der Waals surface area (Å²) in [6.45, 7) is 4.18. The number of nitrogens with zero attached hydrogens (tertiary/aromatic N) is 2. The molecule has 0 saturated heterocycles. The fraction of sp³-hybridized carbons (Fsp3) is 0.333. The van der Waals surface area contributed by atoms with Crippen molar-refractivity contribution in [3.05, 3.63) is 53.1 Å². The third-order valence-corrected chi connectivity index (χ3v) is 7.21. The van der Waals surface area contributed by atoms with Crippen molar-refractivity contribution in [1.29, 1.82) is 0 Å². The lowest BCUT2D eigenvalue weighted by Crippen LogP contribution is -2.38. The molecule has 4 rings (SSSR count). The quantitative estimate of drug-likeness (QED) is 0.779. The van der Waals surface area contributed by atoms with E-state index >= 15 is 0 Å². The number of amides is 1. The summed E-state index contributed by atoms with van der Waals surface area (Å²) < 4.78 is 28.1. The zero-order valence-corrected chi connectivity index (χ0v) is 16.8. The third kappa shape index (κ3) is 2.99. The molecule has 2 aromatic carbocycles. The number of rotatable bonds is 2. The van der Waals surface area contributed by atoms with Gasteiger partial charge in [0.15, 0.2) is 5.78 Å². The summed E-state index contributed by atoms with van der Waals surface area (Å²) >= 11 is 0. The van der Waals surface area contributed by atoms with Crippen LogP contribution in [-0.2, 0) is 21.2 Å². The van der Waals surface area contributed by atoms with Crippen LogP contribution in [0.3, 0.4) is 0 Å². The predicted octanol–water partition coefficient (Wildman–Crippen LogP) is 3.08. The molecule has 0 bridgehead atoms. The van der Waals surface area contributed by atoms with Crippen LogP contribution in [0.15, 0.2) is 41.3 Å². The van der Waals surface area contributed by atoms with Crippen LogP contribution in [0.25, 0.3) is 0 Å². The molecule has 146 valence electrons. The van der Waals surface area contributed by atoms with Crippen LogP contribution in [0, 0.1) is 6.92 Å². The maximum atomic E-state index is 13.4. The number of carbonyl (C=O) groups excluding carboxylic acids is 2. The van der Waals surface area contributed by atoms with Gasteiger partial charge in [-0.2, -0.15) is 0 Å². The van der Waals surface area contributed by atoms with Crippen molar-refractivity contribution in [2.45, 2.75) is 38.0 Å².